The molecule has 1 aromatic rings. The second-order valence-corrected chi connectivity index (χ2v) is 6.10. The van der Waals surface area contributed by atoms with Gasteiger partial charge < -0.3 is 11.1 Å². The van der Waals surface area contributed by atoms with Crippen LogP contribution >= 0.6 is 0 Å². The van der Waals surface area contributed by atoms with Gasteiger partial charge in [-0.3, -0.25) is 9.69 Å². The number of nitrogens with one attached hydrogen (secondary N) is 1. The molecular weight excluding hydrogens is 250 g/mol. The molecule has 3 N–H and O–H groups in total. The van der Waals surface area contributed by atoms with Crippen LogP contribution in [-0.2, 0) is 11.3 Å². The highest BCUT2D eigenvalue weighted by atomic mass is 16.2. The molecule has 1 amide bonds. The lowest BCUT2D eigenvalue weighted by molar-refractivity contribution is -0.117. The first-order valence-corrected chi connectivity index (χ1v) is 7.56. The standard InChI is InChI=1S/C16H23N3O/c17-8-12-3-1-6-15(7-12)18-16(20)11-19-9-13-4-2-5-14(13)10-19/h1,3,6-7,13-14H,2,4-5,8-11,17H2,(H,18,20). The number of hydrogen-bond acceptors (Lipinski definition) is 3. The van der Waals surface area contributed by atoms with Gasteiger partial charge in [-0.2, -0.15) is 0 Å². The molecule has 108 valence electrons. The maximum atomic E-state index is 12.1. The SMILES string of the molecule is NCc1cccc(NC(=O)CN2CC3CCCC3C2)c1. The van der Waals surface area contributed by atoms with Crippen molar-refractivity contribution in [3.8, 4) is 0 Å². The summed E-state index contributed by atoms with van der Waals surface area (Å²) < 4.78 is 0. The summed E-state index contributed by atoms with van der Waals surface area (Å²) >= 11 is 0. The van der Waals surface area contributed by atoms with Crippen molar-refractivity contribution in [2.24, 2.45) is 17.6 Å². The molecule has 2 fully saturated rings. The van der Waals surface area contributed by atoms with Crippen molar-refractivity contribution >= 4 is 11.6 Å². The Morgan fingerprint density at radius 3 is 2.75 bits per heavy atom. The van der Waals surface area contributed by atoms with Crippen LogP contribution in [0.2, 0.25) is 0 Å². The third-order valence-corrected chi connectivity index (χ3v) is 4.62. The highest BCUT2D eigenvalue weighted by Gasteiger charge is 2.36. The van der Waals surface area contributed by atoms with Gasteiger partial charge in [0, 0.05) is 25.3 Å². The fourth-order valence-corrected chi connectivity index (χ4v) is 3.64. The molecule has 2 unspecified atom stereocenters. The van der Waals surface area contributed by atoms with E-state index in [1.807, 2.05) is 24.3 Å². The molecule has 2 atom stereocenters. The van der Waals surface area contributed by atoms with Crippen LogP contribution in [0.15, 0.2) is 24.3 Å². The highest BCUT2D eigenvalue weighted by molar-refractivity contribution is 5.92. The quantitative estimate of drug-likeness (QED) is 0.879. The summed E-state index contributed by atoms with van der Waals surface area (Å²) in [4.78, 5) is 14.4. The van der Waals surface area contributed by atoms with E-state index in [-0.39, 0.29) is 5.91 Å². The average molecular weight is 273 g/mol. The van der Waals surface area contributed by atoms with Gasteiger partial charge in [-0.25, -0.2) is 0 Å². The number of fused-ring (bicyclic) bond motifs is 1. The fourth-order valence-electron chi connectivity index (χ4n) is 3.64. The van der Waals surface area contributed by atoms with Gasteiger partial charge in [-0.05, 0) is 42.4 Å². The van der Waals surface area contributed by atoms with Gasteiger partial charge in [-0.15, -0.1) is 0 Å². The minimum absolute atomic E-state index is 0.0825. The number of benzene rings is 1. The van der Waals surface area contributed by atoms with Crippen LogP contribution in [0.5, 0.6) is 0 Å². The smallest absolute Gasteiger partial charge is 0.238 e. The normalized spacial score (nSPS) is 25.6. The number of anilines is 1. The van der Waals surface area contributed by atoms with Crippen molar-refractivity contribution in [1.29, 1.82) is 0 Å². The number of amides is 1. The van der Waals surface area contributed by atoms with E-state index in [4.69, 9.17) is 5.73 Å². The number of carbonyl (C=O) groups is 1. The molecule has 4 nitrogen and oxygen atoms in total. The molecule has 0 radical (unpaired) electrons. The lowest BCUT2D eigenvalue weighted by Gasteiger charge is -2.16. The van der Waals surface area contributed by atoms with E-state index in [2.05, 4.69) is 10.2 Å². The molecule has 1 saturated heterocycles. The van der Waals surface area contributed by atoms with E-state index in [1.54, 1.807) is 0 Å². The fraction of sp³-hybridized carbons (Fsp3) is 0.562. The summed E-state index contributed by atoms with van der Waals surface area (Å²) in [6.07, 6.45) is 4.07. The predicted octanol–water partition coefficient (Wildman–Crippen LogP) is 1.82. The number of carbonyl (C=O) groups excluding carboxylic acids is 1. The molecule has 3 rings (SSSR count). The largest absolute Gasteiger partial charge is 0.326 e. The van der Waals surface area contributed by atoms with E-state index in [0.29, 0.717) is 13.1 Å². The van der Waals surface area contributed by atoms with Crippen LogP contribution in [0.25, 0.3) is 0 Å². The Hall–Kier alpha value is -1.39. The number of rotatable bonds is 4. The van der Waals surface area contributed by atoms with Crippen LogP contribution in [-0.4, -0.2) is 30.4 Å². The molecule has 2 aliphatic rings. The first kappa shape index (κ1) is 13.6. The van der Waals surface area contributed by atoms with Crippen LogP contribution in [0.4, 0.5) is 5.69 Å². The molecule has 20 heavy (non-hydrogen) atoms. The van der Waals surface area contributed by atoms with E-state index >= 15 is 0 Å². The Morgan fingerprint density at radius 2 is 2.05 bits per heavy atom. The van der Waals surface area contributed by atoms with Crippen molar-refractivity contribution in [2.45, 2.75) is 25.8 Å². The number of likely N-dealkylation sites (tertiary alicyclic amines) is 1. The Labute approximate surface area is 120 Å². The second-order valence-electron chi connectivity index (χ2n) is 6.10. The molecule has 0 aromatic heterocycles. The first-order valence-electron chi connectivity index (χ1n) is 7.56. The maximum Gasteiger partial charge on any atom is 0.238 e. The summed E-state index contributed by atoms with van der Waals surface area (Å²) in [6.45, 7) is 3.21. The average Bonchev–Trinajstić information content (AvgIpc) is 2.99. The second kappa shape index (κ2) is 5.94. The van der Waals surface area contributed by atoms with Gasteiger partial charge in [0.25, 0.3) is 0 Å². The molecule has 0 bridgehead atoms. The van der Waals surface area contributed by atoms with Crippen molar-refractivity contribution in [3.63, 3.8) is 0 Å². The van der Waals surface area contributed by atoms with Crippen LogP contribution in [0, 0.1) is 11.8 Å². The molecule has 1 aromatic carbocycles. The molecule has 1 aliphatic heterocycles. The summed E-state index contributed by atoms with van der Waals surface area (Å²) in [7, 11) is 0. The minimum atomic E-state index is 0.0825. The lowest BCUT2D eigenvalue weighted by atomic mass is 10.0. The summed E-state index contributed by atoms with van der Waals surface area (Å²) in [5.74, 6) is 1.76. The molecule has 1 heterocycles. The van der Waals surface area contributed by atoms with Gasteiger partial charge in [0.05, 0.1) is 6.54 Å². The number of nitrogens with zero attached hydrogens (tertiary/aromatic N) is 1. The Balaban J connectivity index is 1.52. The Morgan fingerprint density at radius 1 is 1.30 bits per heavy atom. The highest BCUT2D eigenvalue weighted by Crippen LogP contribution is 2.37. The first-order chi connectivity index (χ1) is 9.74. The van der Waals surface area contributed by atoms with Gasteiger partial charge in [0.1, 0.15) is 0 Å². The topological polar surface area (TPSA) is 58.4 Å². The zero-order chi connectivity index (χ0) is 13.9. The third kappa shape index (κ3) is 3.02. The predicted molar refractivity (Wildman–Crippen MR) is 80.2 cm³/mol. The summed E-state index contributed by atoms with van der Waals surface area (Å²) in [6, 6.07) is 7.75. The Bertz CT molecular complexity index is 476. The van der Waals surface area contributed by atoms with E-state index in [1.165, 1.54) is 19.3 Å². The van der Waals surface area contributed by atoms with Crippen LogP contribution < -0.4 is 11.1 Å². The minimum Gasteiger partial charge on any atom is -0.326 e. The monoisotopic (exact) mass is 273 g/mol. The number of hydrogen-bond donors (Lipinski definition) is 2. The summed E-state index contributed by atoms with van der Waals surface area (Å²) in [5.41, 5.74) is 7.50. The van der Waals surface area contributed by atoms with Gasteiger partial charge in [0.15, 0.2) is 0 Å². The van der Waals surface area contributed by atoms with Gasteiger partial charge >= 0.3 is 0 Å². The van der Waals surface area contributed by atoms with Crippen molar-refractivity contribution in [3.05, 3.63) is 29.8 Å². The Kier molecular flexibility index (Phi) is 4.03. The van der Waals surface area contributed by atoms with E-state index in [9.17, 15) is 4.79 Å². The van der Waals surface area contributed by atoms with Gasteiger partial charge in [0.2, 0.25) is 5.91 Å². The zero-order valence-electron chi connectivity index (χ0n) is 11.8. The van der Waals surface area contributed by atoms with E-state index < -0.39 is 0 Å². The lowest BCUT2D eigenvalue weighted by Crippen LogP contribution is -2.32. The maximum absolute atomic E-state index is 12.1. The van der Waals surface area contributed by atoms with Crippen molar-refractivity contribution in [1.82, 2.24) is 4.90 Å². The molecular formula is C16H23N3O. The van der Waals surface area contributed by atoms with Gasteiger partial charge in [-0.1, -0.05) is 18.6 Å². The van der Waals surface area contributed by atoms with Crippen LogP contribution in [0.3, 0.4) is 0 Å². The van der Waals surface area contributed by atoms with Crippen molar-refractivity contribution in [2.75, 3.05) is 25.0 Å². The van der Waals surface area contributed by atoms with Crippen molar-refractivity contribution < 1.29 is 4.79 Å². The molecule has 4 heteroatoms. The zero-order valence-corrected chi connectivity index (χ0v) is 11.8. The van der Waals surface area contributed by atoms with Crippen LogP contribution in [0.1, 0.15) is 24.8 Å². The molecule has 0 spiro atoms. The van der Waals surface area contributed by atoms with E-state index in [0.717, 1.165) is 36.2 Å². The number of nitrogens with two attached hydrogens (primary N) is 1. The summed E-state index contributed by atoms with van der Waals surface area (Å²) in [5, 5.41) is 2.97. The third-order valence-electron chi connectivity index (χ3n) is 4.62. The molecule has 1 saturated carbocycles. The molecule has 1 aliphatic carbocycles.